The first-order valence-electron chi connectivity index (χ1n) is 6.80. The smallest absolute Gasteiger partial charge is 0.247 e. The molecule has 1 aliphatic rings. The number of carbonyl (C=O) groups is 2. The summed E-state index contributed by atoms with van der Waals surface area (Å²) in [6, 6.07) is -0.437. The van der Waals surface area contributed by atoms with Crippen molar-refractivity contribution in [3.63, 3.8) is 0 Å². The Morgan fingerprint density at radius 2 is 2.05 bits per heavy atom. The number of carbonyl (C=O) groups excluding carboxylic acids is 2. The third kappa shape index (κ3) is 4.11. The predicted octanol–water partition coefficient (Wildman–Crippen LogP) is 0.659. The number of likely N-dealkylation sites (tertiary alicyclic amines) is 1. The number of imide groups is 1. The maximum absolute atomic E-state index is 12.1. The number of nitrogens with zero attached hydrogens (tertiary/aromatic N) is 1. The van der Waals surface area contributed by atoms with Crippen LogP contribution < -0.4 is 5.32 Å². The maximum Gasteiger partial charge on any atom is 0.247 e. The van der Waals surface area contributed by atoms with E-state index in [0.29, 0.717) is 6.54 Å². The monoisotopic (exact) mass is 288 g/mol. The van der Waals surface area contributed by atoms with Crippen molar-refractivity contribution in [2.24, 2.45) is 0 Å². The van der Waals surface area contributed by atoms with Crippen molar-refractivity contribution in [1.82, 2.24) is 10.2 Å². The summed E-state index contributed by atoms with van der Waals surface area (Å²) in [7, 11) is -0.847. The average molecular weight is 288 g/mol. The molecule has 0 bridgehead atoms. The molecule has 0 radical (unpaired) electrons. The van der Waals surface area contributed by atoms with Gasteiger partial charge < -0.3 is 5.32 Å². The van der Waals surface area contributed by atoms with Crippen molar-refractivity contribution in [3.8, 4) is 0 Å². The van der Waals surface area contributed by atoms with Gasteiger partial charge >= 0.3 is 0 Å². The van der Waals surface area contributed by atoms with Crippen LogP contribution in [0, 0.1) is 0 Å². The third-order valence-corrected chi connectivity index (χ3v) is 5.09. The first-order valence-corrected chi connectivity index (χ1v) is 8.42. The van der Waals surface area contributed by atoms with E-state index >= 15 is 0 Å². The standard InChI is InChI=1S/C13H24N2O3S/c1-5-9(2)15-12(16)8-11(13(15)17)14-7-6-10(3)19(4)18/h9-11,14H,5-8H2,1-4H3. The lowest BCUT2D eigenvalue weighted by molar-refractivity contribution is -0.141. The van der Waals surface area contributed by atoms with Crippen LogP contribution in [0.2, 0.25) is 0 Å². The van der Waals surface area contributed by atoms with Crippen molar-refractivity contribution in [3.05, 3.63) is 0 Å². The van der Waals surface area contributed by atoms with Crippen molar-refractivity contribution < 1.29 is 13.8 Å². The minimum atomic E-state index is -0.847. The van der Waals surface area contributed by atoms with Crippen LogP contribution in [0.3, 0.4) is 0 Å². The van der Waals surface area contributed by atoms with Crippen molar-refractivity contribution in [2.75, 3.05) is 12.8 Å². The fourth-order valence-corrected chi connectivity index (χ4v) is 2.53. The highest BCUT2D eigenvalue weighted by Crippen LogP contribution is 2.18. The second-order valence-electron chi connectivity index (χ2n) is 5.17. The Labute approximate surface area is 117 Å². The van der Waals surface area contributed by atoms with Gasteiger partial charge in [-0.25, -0.2) is 0 Å². The summed E-state index contributed by atoms with van der Waals surface area (Å²) in [4.78, 5) is 25.3. The Kier molecular flexibility index (Phi) is 6.13. The topological polar surface area (TPSA) is 66.5 Å². The molecule has 5 nitrogen and oxygen atoms in total. The molecular weight excluding hydrogens is 264 g/mol. The van der Waals surface area contributed by atoms with Crippen LogP contribution in [0.25, 0.3) is 0 Å². The molecule has 4 unspecified atom stereocenters. The molecule has 4 atom stereocenters. The number of amides is 2. The van der Waals surface area contributed by atoms with Crippen LogP contribution in [-0.4, -0.2) is 51.1 Å². The van der Waals surface area contributed by atoms with Gasteiger partial charge in [0.2, 0.25) is 11.8 Å². The lowest BCUT2D eigenvalue weighted by Crippen LogP contribution is -2.43. The molecular formula is C13H24N2O3S. The van der Waals surface area contributed by atoms with E-state index in [2.05, 4.69) is 5.32 Å². The molecule has 6 heteroatoms. The van der Waals surface area contributed by atoms with E-state index in [1.54, 1.807) is 6.26 Å². The van der Waals surface area contributed by atoms with E-state index in [1.807, 2.05) is 20.8 Å². The largest absolute Gasteiger partial charge is 0.305 e. The number of nitrogens with one attached hydrogen (secondary N) is 1. The predicted molar refractivity (Wildman–Crippen MR) is 76.2 cm³/mol. The van der Waals surface area contributed by atoms with Crippen LogP contribution in [0.1, 0.15) is 40.0 Å². The summed E-state index contributed by atoms with van der Waals surface area (Å²) < 4.78 is 11.2. The summed E-state index contributed by atoms with van der Waals surface area (Å²) in [5.41, 5.74) is 0. The zero-order chi connectivity index (χ0) is 14.6. The molecule has 0 aliphatic carbocycles. The molecule has 1 heterocycles. The fraction of sp³-hybridized carbons (Fsp3) is 0.846. The van der Waals surface area contributed by atoms with Gasteiger partial charge in [-0.05, 0) is 26.3 Å². The Bertz CT molecular complexity index is 373. The zero-order valence-corrected chi connectivity index (χ0v) is 13.0. The lowest BCUT2D eigenvalue weighted by Gasteiger charge is -2.21. The van der Waals surface area contributed by atoms with Crippen LogP contribution in [0.5, 0.6) is 0 Å². The van der Waals surface area contributed by atoms with E-state index in [0.717, 1.165) is 12.8 Å². The second kappa shape index (κ2) is 7.14. The van der Waals surface area contributed by atoms with Crippen LogP contribution in [0.15, 0.2) is 0 Å². The molecule has 1 fully saturated rings. The fourth-order valence-electron chi connectivity index (χ4n) is 2.08. The summed E-state index contributed by atoms with van der Waals surface area (Å²) in [6.07, 6.45) is 3.44. The van der Waals surface area contributed by atoms with E-state index in [4.69, 9.17) is 0 Å². The highest BCUT2D eigenvalue weighted by Gasteiger charge is 2.40. The van der Waals surface area contributed by atoms with Gasteiger partial charge in [-0.2, -0.15) is 0 Å². The molecule has 1 aliphatic heterocycles. The number of hydrogen-bond donors (Lipinski definition) is 1. The summed E-state index contributed by atoms with van der Waals surface area (Å²) in [6.45, 7) is 6.38. The molecule has 0 aromatic carbocycles. The van der Waals surface area contributed by atoms with Crippen molar-refractivity contribution in [2.45, 2.75) is 57.4 Å². The van der Waals surface area contributed by atoms with Gasteiger partial charge in [-0.1, -0.05) is 13.8 Å². The number of hydrogen-bond acceptors (Lipinski definition) is 4. The summed E-state index contributed by atoms with van der Waals surface area (Å²) in [5, 5.41) is 3.21. The van der Waals surface area contributed by atoms with Gasteiger partial charge in [-0.15, -0.1) is 0 Å². The van der Waals surface area contributed by atoms with Crippen LogP contribution in [0.4, 0.5) is 0 Å². The van der Waals surface area contributed by atoms with Gasteiger partial charge in [0, 0.05) is 28.3 Å². The van der Waals surface area contributed by atoms with E-state index in [1.165, 1.54) is 4.90 Å². The normalized spacial score (nSPS) is 24.6. The second-order valence-corrected chi connectivity index (χ2v) is 6.97. The maximum atomic E-state index is 12.1. The highest BCUT2D eigenvalue weighted by molar-refractivity contribution is 7.84. The Hall–Kier alpha value is -0.750. The first-order chi connectivity index (χ1) is 8.88. The van der Waals surface area contributed by atoms with Crippen molar-refractivity contribution >= 4 is 22.6 Å². The average Bonchev–Trinajstić information content (AvgIpc) is 2.63. The third-order valence-electron chi connectivity index (χ3n) is 3.72. The Balaban J connectivity index is 2.47. The number of rotatable bonds is 7. The quantitative estimate of drug-likeness (QED) is 0.699. The minimum Gasteiger partial charge on any atom is -0.305 e. The molecule has 19 heavy (non-hydrogen) atoms. The van der Waals surface area contributed by atoms with Crippen molar-refractivity contribution in [1.29, 1.82) is 0 Å². The van der Waals surface area contributed by atoms with E-state index < -0.39 is 16.8 Å². The first kappa shape index (κ1) is 16.3. The van der Waals surface area contributed by atoms with Gasteiger partial charge in [0.1, 0.15) is 0 Å². The Morgan fingerprint density at radius 3 is 2.58 bits per heavy atom. The molecule has 1 N–H and O–H groups in total. The molecule has 110 valence electrons. The molecule has 1 rings (SSSR count). The van der Waals surface area contributed by atoms with E-state index in [-0.39, 0.29) is 29.5 Å². The molecule has 0 saturated carbocycles. The lowest BCUT2D eigenvalue weighted by atomic mass is 10.2. The summed E-state index contributed by atoms with van der Waals surface area (Å²) in [5.74, 6) is -0.214. The summed E-state index contributed by atoms with van der Waals surface area (Å²) >= 11 is 0. The van der Waals surface area contributed by atoms with Gasteiger partial charge in [0.25, 0.3) is 0 Å². The molecule has 0 aromatic rings. The molecule has 1 saturated heterocycles. The molecule has 2 amide bonds. The van der Waals surface area contributed by atoms with Crippen LogP contribution in [-0.2, 0) is 20.4 Å². The molecule has 0 spiro atoms. The van der Waals surface area contributed by atoms with Gasteiger partial charge in [-0.3, -0.25) is 18.7 Å². The Morgan fingerprint density at radius 1 is 1.42 bits per heavy atom. The van der Waals surface area contributed by atoms with Crippen LogP contribution >= 0.6 is 0 Å². The highest BCUT2D eigenvalue weighted by atomic mass is 32.2. The minimum absolute atomic E-state index is 0.0335. The van der Waals surface area contributed by atoms with Gasteiger partial charge in [0.05, 0.1) is 12.5 Å². The molecule has 0 aromatic heterocycles. The van der Waals surface area contributed by atoms with Gasteiger partial charge in [0.15, 0.2) is 0 Å². The SMILES string of the molecule is CCC(C)N1C(=O)CC(NCCC(C)S(C)=O)C1=O. The zero-order valence-electron chi connectivity index (χ0n) is 12.1. The van der Waals surface area contributed by atoms with E-state index in [9.17, 15) is 13.8 Å².